The zero-order valence-corrected chi connectivity index (χ0v) is 10.7. The molecule has 0 bridgehead atoms. The molecule has 0 radical (unpaired) electrons. The highest BCUT2D eigenvalue weighted by Crippen LogP contribution is 2.45. The predicted octanol–water partition coefficient (Wildman–Crippen LogP) is 0.466. The van der Waals surface area contributed by atoms with E-state index < -0.39 is 5.60 Å². The van der Waals surface area contributed by atoms with E-state index in [9.17, 15) is 9.90 Å². The molecule has 3 fully saturated rings. The van der Waals surface area contributed by atoms with Gasteiger partial charge in [0.15, 0.2) is 5.69 Å². The van der Waals surface area contributed by atoms with Gasteiger partial charge in [0.1, 0.15) is 5.60 Å². The molecule has 1 saturated heterocycles. The summed E-state index contributed by atoms with van der Waals surface area (Å²) in [6.07, 6.45) is 4.39. The van der Waals surface area contributed by atoms with Gasteiger partial charge in [0.25, 0.3) is 5.91 Å². The molecule has 1 aliphatic heterocycles. The van der Waals surface area contributed by atoms with Crippen molar-refractivity contribution in [3.8, 4) is 0 Å². The zero-order valence-electron chi connectivity index (χ0n) is 10.7. The number of β-amino-alcohol motifs (C(OH)–C–C–N with tert-alkyl or cyclic N) is 1. The maximum Gasteiger partial charge on any atom is 0.276 e. The number of aliphatic hydroxyl groups is 1. The van der Waals surface area contributed by atoms with E-state index in [0.29, 0.717) is 36.3 Å². The van der Waals surface area contributed by atoms with Crippen LogP contribution in [-0.2, 0) is 0 Å². The summed E-state index contributed by atoms with van der Waals surface area (Å²) >= 11 is 0. The molecule has 0 unspecified atom stereocenters. The number of nitrogens with two attached hydrogens (primary N) is 1. The second-order valence-corrected chi connectivity index (χ2v) is 6.21. The van der Waals surface area contributed by atoms with Gasteiger partial charge in [-0.2, -0.15) is 5.10 Å². The van der Waals surface area contributed by atoms with Crippen molar-refractivity contribution in [2.24, 2.45) is 5.92 Å². The molecule has 2 aliphatic carbocycles. The molecule has 4 N–H and O–H groups in total. The minimum Gasteiger partial charge on any atom is -0.395 e. The van der Waals surface area contributed by atoms with Crippen molar-refractivity contribution in [2.45, 2.75) is 37.2 Å². The average Bonchev–Trinajstić information content (AvgIpc) is 3.22. The summed E-state index contributed by atoms with van der Waals surface area (Å²) in [4.78, 5) is 13.9. The largest absolute Gasteiger partial charge is 0.395 e. The molecule has 0 atom stereocenters. The second kappa shape index (κ2) is 3.50. The molecule has 0 aromatic carbocycles. The van der Waals surface area contributed by atoms with Crippen LogP contribution in [0.3, 0.4) is 0 Å². The minimum absolute atomic E-state index is 0.161. The fourth-order valence-corrected chi connectivity index (χ4v) is 3.00. The molecule has 1 aromatic rings. The lowest BCUT2D eigenvalue weighted by Crippen LogP contribution is -2.64. The first-order chi connectivity index (χ1) is 9.08. The summed E-state index contributed by atoms with van der Waals surface area (Å²) in [7, 11) is 0. The maximum absolute atomic E-state index is 12.3. The number of carbonyl (C=O) groups excluding carboxylic acids is 1. The monoisotopic (exact) mass is 262 g/mol. The first-order valence-electron chi connectivity index (χ1n) is 6.94. The lowest BCUT2D eigenvalue weighted by atomic mass is 9.88. The minimum atomic E-state index is -0.653. The number of nitrogens with one attached hydrogen (secondary N) is 1. The average molecular weight is 262 g/mol. The van der Waals surface area contributed by atoms with Crippen LogP contribution in [-0.4, -0.2) is 44.8 Å². The predicted molar refractivity (Wildman–Crippen MR) is 68.6 cm³/mol. The smallest absolute Gasteiger partial charge is 0.276 e. The van der Waals surface area contributed by atoms with Crippen molar-refractivity contribution in [1.29, 1.82) is 0 Å². The van der Waals surface area contributed by atoms with Crippen molar-refractivity contribution in [1.82, 2.24) is 15.1 Å². The van der Waals surface area contributed by atoms with Crippen LogP contribution in [0, 0.1) is 5.92 Å². The Kier molecular flexibility index (Phi) is 2.08. The van der Waals surface area contributed by atoms with E-state index in [1.165, 1.54) is 0 Å². The fourth-order valence-electron chi connectivity index (χ4n) is 3.00. The Bertz CT molecular complexity index is 539. The summed E-state index contributed by atoms with van der Waals surface area (Å²) in [5.41, 5.74) is 7.06. The SMILES string of the molecule is Nc1c(C(=O)N2CC(O)(C3CC3)C2)n[nH]c1C1CC1. The first-order valence-corrected chi connectivity index (χ1v) is 6.94. The Balaban J connectivity index is 1.49. The van der Waals surface area contributed by atoms with Gasteiger partial charge in [-0.25, -0.2) is 0 Å². The number of amides is 1. The summed E-state index contributed by atoms with van der Waals surface area (Å²) in [5, 5.41) is 17.2. The number of aromatic nitrogens is 2. The molecule has 6 heteroatoms. The number of H-pyrrole nitrogens is 1. The van der Waals surface area contributed by atoms with Gasteiger partial charge >= 0.3 is 0 Å². The van der Waals surface area contributed by atoms with Gasteiger partial charge in [-0.15, -0.1) is 0 Å². The molecule has 4 rings (SSSR count). The Morgan fingerprint density at radius 3 is 2.63 bits per heavy atom. The van der Waals surface area contributed by atoms with Crippen molar-refractivity contribution in [3.63, 3.8) is 0 Å². The summed E-state index contributed by atoms with van der Waals surface area (Å²) in [6, 6.07) is 0. The van der Waals surface area contributed by atoms with Crippen LogP contribution >= 0.6 is 0 Å². The third-order valence-corrected chi connectivity index (χ3v) is 4.58. The number of carbonyl (C=O) groups is 1. The van der Waals surface area contributed by atoms with Gasteiger partial charge in [0, 0.05) is 5.92 Å². The Hall–Kier alpha value is -1.56. The van der Waals surface area contributed by atoms with Crippen LogP contribution < -0.4 is 5.73 Å². The molecular weight excluding hydrogens is 244 g/mol. The number of rotatable bonds is 3. The zero-order chi connectivity index (χ0) is 13.2. The summed E-state index contributed by atoms with van der Waals surface area (Å²) in [5.74, 6) is 0.676. The Labute approximate surface area is 111 Å². The Morgan fingerprint density at radius 2 is 2.05 bits per heavy atom. The van der Waals surface area contributed by atoms with Crippen LogP contribution in [0.1, 0.15) is 47.8 Å². The molecule has 102 valence electrons. The van der Waals surface area contributed by atoms with Crippen LogP contribution in [0.25, 0.3) is 0 Å². The number of hydrogen-bond donors (Lipinski definition) is 3. The van der Waals surface area contributed by atoms with Crippen molar-refractivity contribution < 1.29 is 9.90 Å². The summed E-state index contributed by atoms with van der Waals surface area (Å²) in [6.45, 7) is 0.836. The van der Waals surface area contributed by atoms with Gasteiger partial charge < -0.3 is 15.7 Å². The molecule has 3 aliphatic rings. The van der Waals surface area contributed by atoms with Crippen LogP contribution in [0.5, 0.6) is 0 Å². The molecule has 1 aromatic heterocycles. The normalized spacial score (nSPS) is 25.2. The van der Waals surface area contributed by atoms with Crippen LogP contribution in [0.15, 0.2) is 0 Å². The van der Waals surface area contributed by atoms with E-state index in [2.05, 4.69) is 10.2 Å². The molecule has 2 heterocycles. The van der Waals surface area contributed by atoms with E-state index in [-0.39, 0.29) is 5.91 Å². The van der Waals surface area contributed by atoms with E-state index in [0.717, 1.165) is 31.4 Å². The van der Waals surface area contributed by atoms with E-state index in [1.807, 2.05) is 0 Å². The summed E-state index contributed by atoms with van der Waals surface area (Å²) < 4.78 is 0. The van der Waals surface area contributed by atoms with Gasteiger partial charge in [0.05, 0.1) is 24.5 Å². The van der Waals surface area contributed by atoms with Crippen molar-refractivity contribution in [3.05, 3.63) is 11.4 Å². The number of aromatic amines is 1. The molecule has 0 spiro atoms. The van der Waals surface area contributed by atoms with E-state index in [4.69, 9.17) is 5.73 Å². The van der Waals surface area contributed by atoms with Crippen LogP contribution in [0.4, 0.5) is 5.69 Å². The highest BCUT2D eigenvalue weighted by molar-refractivity contribution is 5.98. The third-order valence-electron chi connectivity index (χ3n) is 4.58. The molecule has 1 amide bonds. The third kappa shape index (κ3) is 1.66. The van der Waals surface area contributed by atoms with Gasteiger partial charge in [-0.3, -0.25) is 9.89 Å². The lowest BCUT2D eigenvalue weighted by molar-refractivity contribution is -0.0959. The second-order valence-electron chi connectivity index (χ2n) is 6.21. The number of likely N-dealkylation sites (tertiary alicyclic amines) is 1. The quantitative estimate of drug-likeness (QED) is 0.737. The lowest BCUT2D eigenvalue weighted by Gasteiger charge is -2.46. The molecule has 6 nitrogen and oxygen atoms in total. The van der Waals surface area contributed by atoms with Gasteiger partial charge in [-0.05, 0) is 31.6 Å². The first kappa shape index (κ1) is 11.3. The molecular formula is C13H18N4O2. The highest BCUT2D eigenvalue weighted by Gasteiger charge is 2.53. The Morgan fingerprint density at radius 1 is 1.37 bits per heavy atom. The molecule has 2 saturated carbocycles. The maximum atomic E-state index is 12.3. The van der Waals surface area contributed by atoms with Gasteiger partial charge in [-0.1, -0.05) is 0 Å². The highest BCUT2D eigenvalue weighted by atomic mass is 16.3. The van der Waals surface area contributed by atoms with Crippen molar-refractivity contribution in [2.75, 3.05) is 18.8 Å². The number of hydrogen-bond acceptors (Lipinski definition) is 4. The fraction of sp³-hybridized carbons (Fsp3) is 0.692. The van der Waals surface area contributed by atoms with Crippen LogP contribution in [0.2, 0.25) is 0 Å². The standard InChI is InChI=1S/C13H18N4O2/c14-9-10(7-1-2-7)15-16-11(9)12(18)17-5-13(19,6-17)8-3-4-8/h7-8,19H,1-6,14H2,(H,15,16). The number of nitrogens with zero attached hydrogens (tertiary/aromatic N) is 2. The van der Waals surface area contributed by atoms with Crippen molar-refractivity contribution >= 4 is 11.6 Å². The molecule has 19 heavy (non-hydrogen) atoms. The van der Waals surface area contributed by atoms with E-state index >= 15 is 0 Å². The van der Waals surface area contributed by atoms with E-state index in [1.54, 1.807) is 4.90 Å². The van der Waals surface area contributed by atoms with Gasteiger partial charge in [0.2, 0.25) is 0 Å². The number of nitrogen functional groups attached to an aromatic ring is 1. The topological polar surface area (TPSA) is 95.2 Å². The number of anilines is 1.